The Bertz CT molecular complexity index is 634. The highest BCUT2D eigenvalue weighted by molar-refractivity contribution is 7.91. The molecule has 0 aliphatic heterocycles. The van der Waals surface area contributed by atoms with E-state index >= 15 is 0 Å². The zero-order chi connectivity index (χ0) is 14.8. The van der Waals surface area contributed by atoms with Gasteiger partial charge in [0.25, 0.3) is 0 Å². The molecular formula is C15H18ClNO2S. The van der Waals surface area contributed by atoms with E-state index in [0.717, 1.165) is 25.7 Å². The predicted octanol–water partition coefficient (Wildman–Crippen LogP) is 3.71. The van der Waals surface area contributed by atoms with Crippen LogP contribution in [0.15, 0.2) is 18.2 Å². The standard InChI is InChI=1S/C15H18ClNO2S/c1-11-3-2-4-14(7-11)20(18,19)10-13-6-5-12(9-17)8-15(13)16/h5-6,8,11,14H,2-4,7,10H2,1H3. The third-order valence-corrected chi connectivity index (χ3v) is 6.44. The smallest absolute Gasteiger partial charge is 0.157 e. The van der Waals surface area contributed by atoms with Gasteiger partial charge < -0.3 is 0 Å². The quantitative estimate of drug-likeness (QED) is 0.855. The number of benzene rings is 1. The van der Waals surface area contributed by atoms with Gasteiger partial charge in [-0.05, 0) is 36.5 Å². The molecule has 2 rings (SSSR count). The Hall–Kier alpha value is -1.05. The molecule has 0 bridgehead atoms. The van der Waals surface area contributed by atoms with Gasteiger partial charge in [-0.25, -0.2) is 8.42 Å². The van der Waals surface area contributed by atoms with E-state index in [1.54, 1.807) is 12.1 Å². The van der Waals surface area contributed by atoms with Crippen LogP contribution in [-0.4, -0.2) is 13.7 Å². The van der Waals surface area contributed by atoms with E-state index < -0.39 is 9.84 Å². The SMILES string of the molecule is CC1CCCC(S(=O)(=O)Cc2ccc(C#N)cc2Cl)C1. The largest absolute Gasteiger partial charge is 0.228 e. The summed E-state index contributed by atoms with van der Waals surface area (Å²) in [7, 11) is -3.18. The maximum atomic E-state index is 12.5. The van der Waals surface area contributed by atoms with Crippen LogP contribution in [0.3, 0.4) is 0 Å². The van der Waals surface area contributed by atoms with Crippen molar-refractivity contribution in [3.05, 3.63) is 34.3 Å². The first-order valence-corrected chi connectivity index (χ1v) is 8.92. The van der Waals surface area contributed by atoms with Gasteiger partial charge in [-0.1, -0.05) is 37.4 Å². The first-order chi connectivity index (χ1) is 9.42. The van der Waals surface area contributed by atoms with Crippen LogP contribution >= 0.6 is 11.6 Å². The number of rotatable bonds is 3. The number of hydrogen-bond donors (Lipinski definition) is 0. The molecule has 108 valence electrons. The van der Waals surface area contributed by atoms with Gasteiger partial charge in [-0.15, -0.1) is 0 Å². The van der Waals surface area contributed by atoms with E-state index in [-0.39, 0.29) is 11.0 Å². The summed E-state index contributed by atoms with van der Waals surface area (Å²) in [5.41, 5.74) is 1.03. The van der Waals surface area contributed by atoms with Crippen molar-refractivity contribution in [2.24, 2.45) is 5.92 Å². The van der Waals surface area contributed by atoms with Crippen LogP contribution in [0.4, 0.5) is 0 Å². The fourth-order valence-corrected chi connectivity index (χ4v) is 5.17. The van der Waals surface area contributed by atoms with Gasteiger partial charge in [0.2, 0.25) is 0 Å². The predicted molar refractivity (Wildman–Crippen MR) is 80.2 cm³/mol. The van der Waals surface area contributed by atoms with Crippen molar-refractivity contribution in [1.82, 2.24) is 0 Å². The fourth-order valence-electron chi connectivity index (χ4n) is 2.77. The Morgan fingerprint density at radius 2 is 2.15 bits per heavy atom. The van der Waals surface area contributed by atoms with Gasteiger partial charge in [0.05, 0.1) is 22.6 Å². The molecule has 2 unspecified atom stereocenters. The minimum Gasteiger partial charge on any atom is -0.228 e. The Balaban J connectivity index is 2.18. The summed E-state index contributed by atoms with van der Waals surface area (Å²) in [6, 6.07) is 6.77. The number of hydrogen-bond acceptors (Lipinski definition) is 3. The van der Waals surface area contributed by atoms with Crippen LogP contribution in [-0.2, 0) is 15.6 Å². The summed E-state index contributed by atoms with van der Waals surface area (Å²) in [6.45, 7) is 2.11. The number of nitrogens with zero attached hydrogens (tertiary/aromatic N) is 1. The van der Waals surface area contributed by atoms with Gasteiger partial charge in [-0.3, -0.25) is 0 Å². The zero-order valence-corrected chi connectivity index (χ0v) is 13.0. The molecule has 0 N–H and O–H groups in total. The highest BCUT2D eigenvalue weighted by atomic mass is 35.5. The van der Waals surface area contributed by atoms with E-state index in [0.29, 0.717) is 22.1 Å². The van der Waals surface area contributed by atoms with Gasteiger partial charge in [0, 0.05) is 5.02 Å². The topological polar surface area (TPSA) is 57.9 Å². The molecule has 0 spiro atoms. The maximum Gasteiger partial charge on any atom is 0.157 e. The van der Waals surface area contributed by atoms with Crippen molar-refractivity contribution < 1.29 is 8.42 Å². The summed E-state index contributed by atoms with van der Waals surface area (Å²) < 4.78 is 25.0. The normalized spacial score (nSPS) is 23.2. The average Bonchev–Trinajstić information content (AvgIpc) is 2.41. The molecule has 2 atom stereocenters. The lowest BCUT2D eigenvalue weighted by Crippen LogP contribution is -2.28. The molecule has 1 aliphatic carbocycles. The summed E-state index contributed by atoms with van der Waals surface area (Å²) in [5.74, 6) is 0.439. The van der Waals surface area contributed by atoms with Crippen LogP contribution in [0.2, 0.25) is 5.02 Å². The molecule has 0 saturated heterocycles. The van der Waals surface area contributed by atoms with Crippen molar-refractivity contribution in [1.29, 1.82) is 5.26 Å². The molecule has 0 radical (unpaired) electrons. The molecule has 1 saturated carbocycles. The lowest BCUT2D eigenvalue weighted by molar-refractivity contribution is 0.382. The molecule has 1 aliphatic rings. The molecule has 3 nitrogen and oxygen atoms in total. The third-order valence-electron chi connectivity index (χ3n) is 3.94. The molecule has 5 heteroatoms. The second-order valence-electron chi connectivity index (χ2n) is 5.62. The summed E-state index contributed by atoms with van der Waals surface area (Å²) in [6.07, 6.45) is 3.59. The lowest BCUT2D eigenvalue weighted by Gasteiger charge is -2.26. The van der Waals surface area contributed by atoms with E-state index in [1.165, 1.54) is 6.07 Å². The highest BCUT2D eigenvalue weighted by Gasteiger charge is 2.30. The fraction of sp³-hybridized carbons (Fsp3) is 0.533. The molecule has 20 heavy (non-hydrogen) atoms. The van der Waals surface area contributed by atoms with Crippen LogP contribution in [0, 0.1) is 17.2 Å². The number of halogens is 1. The first kappa shape index (κ1) is 15.3. The van der Waals surface area contributed by atoms with Crippen molar-refractivity contribution in [3.63, 3.8) is 0 Å². The Labute approximate surface area is 125 Å². The van der Waals surface area contributed by atoms with Crippen molar-refractivity contribution in [2.75, 3.05) is 0 Å². The molecule has 1 aromatic carbocycles. The van der Waals surface area contributed by atoms with E-state index in [2.05, 4.69) is 6.92 Å². The molecule has 0 heterocycles. The summed E-state index contributed by atoms with van der Waals surface area (Å²) >= 11 is 6.07. The van der Waals surface area contributed by atoms with E-state index in [1.807, 2.05) is 6.07 Å². The van der Waals surface area contributed by atoms with Gasteiger partial charge in [-0.2, -0.15) is 5.26 Å². The highest BCUT2D eigenvalue weighted by Crippen LogP contribution is 2.31. The first-order valence-electron chi connectivity index (χ1n) is 6.82. The molecule has 0 amide bonds. The second kappa shape index (κ2) is 6.15. The minimum absolute atomic E-state index is 0.0328. The van der Waals surface area contributed by atoms with Crippen molar-refractivity contribution in [3.8, 4) is 6.07 Å². The molecule has 1 aromatic rings. The van der Waals surface area contributed by atoms with Gasteiger partial charge >= 0.3 is 0 Å². The van der Waals surface area contributed by atoms with Crippen molar-refractivity contribution in [2.45, 2.75) is 43.6 Å². The second-order valence-corrected chi connectivity index (χ2v) is 8.31. The van der Waals surface area contributed by atoms with Crippen LogP contribution in [0.5, 0.6) is 0 Å². The maximum absolute atomic E-state index is 12.5. The minimum atomic E-state index is -3.18. The molecule has 0 aromatic heterocycles. The number of sulfone groups is 1. The third kappa shape index (κ3) is 3.53. The summed E-state index contributed by atoms with van der Waals surface area (Å²) in [5, 5.41) is 8.90. The Morgan fingerprint density at radius 1 is 1.40 bits per heavy atom. The summed E-state index contributed by atoms with van der Waals surface area (Å²) in [4.78, 5) is 0. The van der Waals surface area contributed by atoms with Crippen molar-refractivity contribution >= 4 is 21.4 Å². The Kier molecular flexibility index (Phi) is 4.72. The van der Waals surface area contributed by atoms with Crippen LogP contribution in [0.1, 0.15) is 43.7 Å². The van der Waals surface area contributed by atoms with E-state index in [4.69, 9.17) is 16.9 Å². The molecular weight excluding hydrogens is 294 g/mol. The average molecular weight is 312 g/mol. The van der Waals surface area contributed by atoms with Crippen LogP contribution in [0.25, 0.3) is 0 Å². The number of nitriles is 1. The lowest BCUT2D eigenvalue weighted by atomic mass is 9.91. The van der Waals surface area contributed by atoms with E-state index in [9.17, 15) is 8.42 Å². The monoisotopic (exact) mass is 311 g/mol. The van der Waals surface area contributed by atoms with Crippen LogP contribution < -0.4 is 0 Å². The van der Waals surface area contributed by atoms with Gasteiger partial charge in [0.15, 0.2) is 9.84 Å². The Morgan fingerprint density at radius 3 is 2.75 bits per heavy atom. The zero-order valence-electron chi connectivity index (χ0n) is 11.5. The van der Waals surface area contributed by atoms with Gasteiger partial charge in [0.1, 0.15) is 0 Å². The molecule has 1 fully saturated rings.